The summed E-state index contributed by atoms with van der Waals surface area (Å²) < 4.78 is 14.1. The zero-order chi connectivity index (χ0) is 25.4. The number of carbonyl (C=O) groups is 2. The monoisotopic (exact) mass is 473 g/mol. The van der Waals surface area contributed by atoms with Gasteiger partial charge in [0.2, 0.25) is 18.2 Å². The first-order valence-corrected chi connectivity index (χ1v) is 11.1. The number of imidazole rings is 1. The molecule has 2 amide bonds. The fourth-order valence-corrected chi connectivity index (χ4v) is 3.64. The van der Waals surface area contributed by atoms with Gasteiger partial charge in [0.05, 0.1) is 32.3 Å². The molecular formula is C23H35N7O4. The Balaban J connectivity index is 0.00000199. The topological polar surface area (TPSA) is 107 Å². The number of ether oxygens (including phenoxy) is 2. The maximum atomic E-state index is 12.0. The molecule has 2 aromatic heterocycles. The standard InChI is InChI=1S/C21H29N7O4.C2H6/c1-7-18(30)26(3)14-8-15(9-14)28(13-29)12-16(20-22-10-19(31-5)27(20)4)23-17-11-25(2)24-21(17)32-6;1-2/h7,10-15,23H,1,8-9H2,2-6H3;1-2H3/b16-12+;. The van der Waals surface area contributed by atoms with E-state index < -0.39 is 0 Å². The Hall–Kier alpha value is -3.76. The van der Waals surface area contributed by atoms with Crippen LogP contribution in [0.5, 0.6) is 11.8 Å². The van der Waals surface area contributed by atoms with Gasteiger partial charge in [0.15, 0.2) is 5.82 Å². The molecular weight excluding hydrogens is 438 g/mol. The van der Waals surface area contributed by atoms with Crippen molar-refractivity contribution < 1.29 is 19.1 Å². The maximum Gasteiger partial charge on any atom is 0.256 e. The van der Waals surface area contributed by atoms with E-state index in [0.29, 0.717) is 41.8 Å². The number of rotatable bonds is 10. The molecule has 1 aliphatic carbocycles. The largest absolute Gasteiger partial charge is 0.481 e. The number of hydrogen-bond donors (Lipinski definition) is 1. The van der Waals surface area contributed by atoms with Crippen molar-refractivity contribution in [2.45, 2.75) is 38.8 Å². The third-order valence-electron chi connectivity index (χ3n) is 5.63. The van der Waals surface area contributed by atoms with Gasteiger partial charge in [0.25, 0.3) is 5.88 Å². The summed E-state index contributed by atoms with van der Waals surface area (Å²) in [4.78, 5) is 31.5. The van der Waals surface area contributed by atoms with E-state index in [1.54, 1.807) is 58.8 Å². The lowest BCUT2D eigenvalue weighted by atomic mass is 9.84. The van der Waals surface area contributed by atoms with Crippen molar-refractivity contribution in [3.8, 4) is 11.8 Å². The molecule has 0 aliphatic heterocycles. The van der Waals surface area contributed by atoms with Gasteiger partial charge in [-0.1, -0.05) is 20.4 Å². The lowest BCUT2D eigenvalue weighted by molar-refractivity contribution is -0.130. The summed E-state index contributed by atoms with van der Waals surface area (Å²) in [6, 6.07) is 0.0109. The predicted octanol–water partition coefficient (Wildman–Crippen LogP) is 2.24. The van der Waals surface area contributed by atoms with Gasteiger partial charge in [0.1, 0.15) is 5.69 Å². The van der Waals surface area contributed by atoms with E-state index in [4.69, 9.17) is 9.47 Å². The Morgan fingerprint density at radius 3 is 2.44 bits per heavy atom. The molecule has 1 saturated carbocycles. The van der Waals surface area contributed by atoms with Gasteiger partial charge < -0.3 is 24.6 Å². The van der Waals surface area contributed by atoms with Crippen molar-refractivity contribution in [3.63, 3.8) is 0 Å². The van der Waals surface area contributed by atoms with Crippen LogP contribution in [-0.2, 0) is 23.7 Å². The third kappa shape index (κ3) is 5.59. The van der Waals surface area contributed by atoms with Crippen LogP contribution in [0.4, 0.5) is 5.69 Å². The number of aromatic nitrogens is 4. The summed E-state index contributed by atoms with van der Waals surface area (Å²) in [5, 5.41) is 7.54. The number of anilines is 1. The van der Waals surface area contributed by atoms with Gasteiger partial charge in [-0.15, -0.1) is 5.10 Å². The molecule has 11 nitrogen and oxygen atoms in total. The smallest absolute Gasteiger partial charge is 0.256 e. The zero-order valence-corrected chi connectivity index (χ0v) is 21.0. The summed E-state index contributed by atoms with van der Waals surface area (Å²) >= 11 is 0. The van der Waals surface area contributed by atoms with E-state index in [2.05, 4.69) is 22.0 Å². The Morgan fingerprint density at radius 2 is 1.91 bits per heavy atom. The molecule has 186 valence electrons. The molecule has 0 atom stereocenters. The van der Waals surface area contributed by atoms with Gasteiger partial charge in [-0.3, -0.25) is 18.8 Å². The van der Waals surface area contributed by atoms with Crippen molar-refractivity contribution in [1.29, 1.82) is 0 Å². The van der Waals surface area contributed by atoms with Crippen molar-refractivity contribution >= 4 is 23.7 Å². The van der Waals surface area contributed by atoms with E-state index in [1.807, 2.05) is 20.9 Å². The molecule has 1 fully saturated rings. The number of amides is 2. The Bertz CT molecular complexity index is 1020. The van der Waals surface area contributed by atoms with Gasteiger partial charge >= 0.3 is 0 Å². The normalized spacial score (nSPS) is 17.0. The summed E-state index contributed by atoms with van der Waals surface area (Å²) in [7, 11) is 8.45. The van der Waals surface area contributed by atoms with Crippen molar-refractivity contribution in [1.82, 2.24) is 29.1 Å². The lowest BCUT2D eigenvalue weighted by Crippen LogP contribution is -2.52. The van der Waals surface area contributed by atoms with Crippen molar-refractivity contribution in [3.05, 3.63) is 37.1 Å². The van der Waals surface area contributed by atoms with Gasteiger partial charge in [-0.2, -0.15) is 0 Å². The molecule has 2 aromatic rings. The molecule has 1 aliphatic rings. The lowest BCUT2D eigenvalue weighted by Gasteiger charge is -2.44. The van der Waals surface area contributed by atoms with Crippen LogP contribution in [0.2, 0.25) is 0 Å². The van der Waals surface area contributed by atoms with E-state index in [0.717, 1.165) is 6.41 Å². The molecule has 3 rings (SSSR count). The highest BCUT2D eigenvalue weighted by Gasteiger charge is 2.36. The van der Waals surface area contributed by atoms with Crippen LogP contribution < -0.4 is 14.8 Å². The first-order valence-electron chi connectivity index (χ1n) is 11.1. The zero-order valence-electron chi connectivity index (χ0n) is 21.0. The molecule has 0 saturated heterocycles. The van der Waals surface area contributed by atoms with E-state index in [-0.39, 0.29) is 18.0 Å². The third-order valence-corrected chi connectivity index (χ3v) is 5.63. The minimum absolute atomic E-state index is 0.0488. The molecule has 0 bridgehead atoms. The molecule has 0 radical (unpaired) electrons. The van der Waals surface area contributed by atoms with Gasteiger partial charge in [0, 0.05) is 39.4 Å². The van der Waals surface area contributed by atoms with Gasteiger partial charge in [-0.05, 0) is 18.9 Å². The van der Waals surface area contributed by atoms with Crippen LogP contribution in [0.15, 0.2) is 31.2 Å². The van der Waals surface area contributed by atoms with E-state index >= 15 is 0 Å². The molecule has 1 N–H and O–H groups in total. The minimum Gasteiger partial charge on any atom is -0.481 e. The number of hydrogen-bond acceptors (Lipinski definition) is 7. The Kier molecular flexibility index (Phi) is 9.28. The van der Waals surface area contributed by atoms with Crippen LogP contribution in [0.1, 0.15) is 32.5 Å². The number of likely N-dealkylation sites (N-methyl/N-ethyl adjacent to an activating group) is 1. The fourth-order valence-electron chi connectivity index (χ4n) is 3.64. The van der Waals surface area contributed by atoms with Crippen LogP contribution in [0.25, 0.3) is 5.70 Å². The summed E-state index contributed by atoms with van der Waals surface area (Å²) in [5.74, 6) is 1.41. The van der Waals surface area contributed by atoms with Crippen LogP contribution in [0.3, 0.4) is 0 Å². The molecule has 0 spiro atoms. The summed E-state index contributed by atoms with van der Waals surface area (Å²) in [5.41, 5.74) is 1.19. The quantitative estimate of drug-likeness (QED) is 0.417. The number of nitrogens with one attached hydrogen (secondary N) is 1. The molecule has 0 unspecified atom stereocenters. The first-order chi connectivity index (χ1) is 16.3. The first kappa shape index (κ1) is 26.5. The highest BCUT2D eigenvalue weighted by Crippen LogP contribution is 2.32. The molecule has 11 heteroatoms. The van der Waals surface area contributed by atoms with Crippen molar-refractivity contribution in [2.75, 3.05) is 26.6 Å². The Morgan fingerprint density at radius 1 is 1.24 bits per heavy atom. The number of carbonyl (C=O) groups excluding carboxylic acids is 2. The summed E-state index contributed by atoms with van der Waals surface area (Å²) in [6.45, 7) is 7.53. The second-order valence-electron chi connectivity index (χ2n) is 7.56. The SMILES string of the molecule is C=CC(=O)N(C)C1CC(N(C=O)/C=C(/Nc2cn(C)nc2OC)c2ncc(OC)n2C)C1.CC. The summed E-state index contributed by atoms with van der Waals surface area (Å²) in [6.07, 6.45) is 8.48. The van der Waals surface area contributed by atoms with Crippen LogP contribution in [-0.4, -0.2) is 74.8 Å². The maximum absolute atomic E-state index is 12.0. The van der Waals surface area contributed by atoms with E-state index in [9.17, 15) is 9.59 Å². The van der Waals surface area contributed by atoms with Crippen LogP contribution in [0, 0.1) is 0 Å². The average Bonchev–Trinajstić information content (AvgIpc) is 3.38. The molecule has 2 heterocycles. The molecule has 34 heavy (non-hydrogen) atoms. The van der Waals surface area contributed by atoms with E-state index in [1.165, 1.54) is 13.2 Å². The second kappa shape index (κ2) is 11.9. The number of aryl methyl sites for hydroxylation is 1. The van der Waals surface area contributed by atoms with Gasteiger partial charge in [-0.25, -0.2) is 4.98 Å². The van der Waals surface area contributed by atoms with Crippen LogP contribution >= 0.6 is 0 Å². The highest BCUT2D eigenvalue weighted by atomic mass is 16.5. The fraction of sp³-hybridized carbons (Fsp3) is 0.478. The average molecular weight is 474 g/mol. The molecule has 0 aromatic carbocycles. The predicted molar refractivity (Wildman–Crippen MR) is 130 cm³/mol. The Labute approximate surface area is 200 Å². The second-order valence-corrected chi connectivity index (χ2v) is 7.56. The highest BCUT2D eigenvalue weighted by molar-refractivity contribution is 5.87. The number of nitrogens with zero attached hydrogens (tertiary/aromatic N) is 6. The minimum atomic E-state index is -0.132. The number of methoxy groups -OCH3 is 2. The van der Waals surface area contributed by atoms with Crippen molar-refractivity contribution in [2.24, 2.45) is 14.1 Å².